The van der Waals surface area contributed by atoms with Crippen LogP contribution in [0.2, 0.25) is 0 Å². The van der Waals surface area contributed by atoms with Crippen LogP contribution < -0.4 is 5.32 Å². The SMILES string of the molecule is O=C1CC(CSc2nc3ccccc3o2)C(=O)N1. The molecule has 0 aliphatic carbocycles. The van der Waals surface area contributed by atoms with Crippen LogP contribution in [0.1, 0.15) is 6.42 Å². The van der Waals surface area contributed by atoms with Gasteiger partial charge in [0, 0.05) is 12.2 Å². The van der Waals surface area contributed by atoms with Crippen LogP contribution in [0, 0.1) is 5.92 Å². The predicted molar refractivity (Wildman–Crippen MR) is 66.0 cm³/mol. The van der Waals surface area contributed by atoms with Gasteiger partial charge in [-0.1, -0.05) is 23.9 Å². The Bertz CT molecular complexity index is 590. The second-order valence-electron chi connectivity index (χ2n) is 4.07. The fourth-order valence-corrected chi connectivity index (χ4v) is 2.75. The number of hydrogen-bond acceptors (Lipinski definition) is 5. The van der Waals surface area contributed by atoms with Crippen LogP contribution in [-0.4, -0.2) is 22.6 Å². The maximum Gasteiger partial charge on any atom is 0.256 e. The summed E-state index contributed by atoms with van der Waals surface area (Å²) >= 11 is 1.36. The first-order valence-electron chi connectivity index (χ1n) is 5.54. The Labute approximate surface area is 107 Å². The number of oxazole rings is 1. The Balaban J connectivity index is 1.69. The zero-order chi connectivity index (χ0) is 12.5. The van der Waals surface area contributed by atoms with E-state index in [1.165, 1.54) is 11.8 Å². The van der Waals surface area contributed by atoms with Crippen molar-refractivity contribution >= 4 is 34.7 Å². The summed E-state index contributed by atoms with van der Waals surface area (Å²) in [7, 11) is 0. The molecular weight excluding hydrogens is 252 g/mol. The fraction of sp³-hybridized carbons (Fsp3) is 0.250. The summed E-state index contributed by atoms with van der Waals surface area (Å²) in [4.78, 5) is 26.7. The smallest absolute Gasteiger partial charge is 0.256 e. The highest BCUT2D eigenvalue weighted by atomic mass is 32.2. The van der Waals surface area contributed by atoms with Gasteiger partial charge in [-0.05, 0) is 12.1 Å². The molecule has 0 saturated carbocycles. The molecular formula is C12H10N2O3S. The number of aromatic nitrogens is 1. The van der Waals surface area contributed by atoms with Gasteiger partial charge in [0.15, 0.2) is 5.58 Å². The van der Waals surface area contributed by atoms with Crippen LogP contribution in [0.25, 0.3) is 11.1 Å². The summed E-state index contributed by atoms with van der Waals surface area (Å²) in [6.45, 7) is 0. The molecule has 1 unspecified atom stereocenters. The zero-order valence-electron chi connectivity index (χ0n) is 9.38. The van der Waals surface area contributed by atoms with Crippen molar-refractivity contribution in [3.8, 4) is 0 Å². The van der Waals surface area contributed by atoms with Crippen molar-refractivity contribution in [1.29, 1.82) is 0 Å². The number of carbonyl (C=O) groups excluding carboxylic acids is 2. The van der Waals surface area contributed by atoms with Crippen molar-refractivity contribution in [2.45, 2.75) is 11.6 Å². The van der Waals surface area contributed by atoms with Crippen LogP contribution in [0.5, 0.6) is 0 Å². The number of hydrogen-bond donors (Lipinski definition) is 1. The summed E-state index contributed by atoms with van der Waals surface area (Å²) < 4.78 is 5.53. The average molecular weight is 262 g/mol. The van der Waals surface area contributed by atoms with E-state index in [0.29, 0.717) is 11.0 Å². The molecule has 2 amide bonds. The fourth-order valence-electron chi connectivity index (χ4n) is 1.83. The second kappa shape index (κ2) is 4.45. The molecule has 2 aromatic rings. The van der Waals surface area contributed by atoms with Crippen LogP contribution in [0.15, 0.2) is 33.9 Å². The molecule has 1 aliphatic heterocycles. The Morgan fingerprint density at radius 3 is 2.94 bits per heavy atom. The van der Waals surface area contributed by atoms with Crippen LogP contribution >= 0.6 is 11.8 Å². The number of para-hydroxylation sites is 2. The lowest BCUT2D eigenvalue weighted by atomic mass is 10.1. The van der Waals surface area contributed by atoms with Gasteiger partial charge in [0.25, 0.3) is 5.22 Å². The van der Waals surface area contributed by atoms with E-state index in [4.69, 9.17) is 4.42 Å². The molecule has 1 aromatic heterocycles. The molecule has 6 heteroatoms. The number of nitrogens with zero attached hydrogens (tertiary/aromatic N) is 1. The molecule has 1 N–H and O–H groups in total. The standard InChI is InChI=1S/C12H10N2O3S/c15-10-5-7(11(16)14-10)6-18-12-13-8-3-1-2-4-9(8)17-12/h1-4,7H,5-6H2,(H,14,15,16). The van der Waals surface area contributed by atoms with Gasteiger partial charge in [-0.15, -0.1) is 0 Å². The lowest BCUT2D eigenvalue weighted by Gasteiger charge is -2.01. The van der Waals surface area contributed by atoms with Gasteiger partial charge in [0.05, 0.1) is 5.92 Å². The normalized spacial score (nSPS) is 19.4. The number of fused-ring (bicyclic) bond motifs is 1. The summed E-state index contributed by atoms with van der Waals surface area (Å²) in [6.07, 6.45) is 0.256. The molecule has 1 fully saturated rings. The molecule has 18 heavy (non-hydrogen) atoms. The zero-order valence-corrected chi connectivity index (χ0v) is 10.2. The molecule has 5 nitrogen and oxygen atoms in total. The molecule has 0 spiro atoms. The Morgan fingerprint density at radius 2 is 2.22 bits per heavy atom. The molecule has 0 bridgehead atoms. The first kappa shape index (κ1) is 11.3. The number of rotatable bonds is 3. The Hall–Kier alpha value is -1.82. The lowest BCUT2D eigenvalue weighted by Crippen LogP contribution is -2.22. The summed E-state index contributed by atoms with van der Waals surface area (Å²) in [5.74, 6) is -0.186. The molecule has 0 radical (unpaired) electrons. The molecule has 1 saturated heterocycles. The number of imide groups is 1. The number of nitrogens with one attached hydrogen (secondary N) is 1. The molecule has 3 rings (SSSR count). The van der Waals surface area contributed by atoms with Gasteiger partial charge < -0.3 is 4.42 Å². The van der Waals surface area contributed by atoms with Gasteiger partial charge in [-0.25, -0.2) is 4.98 Å². The molecule has 2 heterocycles. The molecule has 1 atom stereocenters. The van der Waals surface area contributed by atoms with E-state index < -0.39 is 0 Å². The Morgan fingerprint density at radius 1 is 1.39 bits per heavy atom. The van der Waals surface area contributed by atoms with E-state index in [1.54, 1.807) is 0 Å². The van der Waals surface area contributed by atoms with Crippen molar-refractivity contribution in [3.63, 3.8) is 0 Å². The molecule has 1 aromatic carbocycles. The van der Waals surface area contributed by atoms with Crippen molar-refractivity contribution in [2.24, 2.45) is 5.92 Å². The topological polar surface area (TPSA) is 72.2 Å². The van der Waals surface area contributed by atoms with E-state index in [9.17, 15) is 9.59 Å². The van der Waals surface area contributed by atoms with E-state index in [0.717, 1.165) is 11.1 Å². The second-order valence-corrected chi connectivity index (χ2v) is 5.04. The van der Waals surface area contributed by atoms with Gasteiger partial charge in [-0.2, -0.15) is 0 Å². The lowest BCUT2D eigenvalue weighted by molar-refractivity contribution is -0.125. The van der Waals surface area contributed by atoms with Crippen molar-refractivity contribution in [3.05, 3.63) is 24.3 Å². The maximum absolute atomic E-state index is 11.4. The van der Waals surface area contributed by atoms with Crippen LogP contribution in [0.4, 0.5) is 0 Å². The van der Waals surface area contributed by atoms with E-state index in [-0.39, 0.29) is 24.2 Å². The van der Waals surface area contributed by atoms with Gasteiger partial charge in [-0.3, -0.25) is 14.9 Å². The minimum absolute atomic E-state index is 0.205. The van der Waals surface area contributed by atoms with Crippen LogP contribution in [-0.2, 0) is 9.59 Å². The van der Waals surface area contributed by atoms with Gasteiger partial charge >= 0.3 is 0 Å². The summed E-state index contributed by atoms with van der Waals surface area (Å²) in [6, 6.07) is 7.49. The van der Waals surface area contributed by atoms with E-state index in [2.05, 4.69) is 10.3 Å². The Kier molecular flexibility index (Phi) is 2.79. The van der Waals surface area contributed by atoms with Crippen molar-refractivity contribution in [1.82, 2.24) is 10.3 Å². The third-order valence-corrected chi connectivity index (χ3v) is 3.74. The highest BCUT2D eigenvalue weighted by Crippen LogP contribution is 2.26. The first-order valence-corrected chi connectivity index (χ1v) is 6.53. The number of amides is 2. The third-order valence-electron chi connectivity index (χ3n) is 2.75. The number of benzene rings is 1. The van der Waals surface area contributed by atoms with E-state index in [1.807, 2.05) is 24.3 Å². The van der Waals surface area contributed by atoms with Crippen molar-refractivity contribution in [2.75, 3.05) is 5.75 Å². The largest absolute Gasteiger partial charge is 0.431 e. The van der Waals surface area contributed by atoms with Crippen molar-refractivity contribution < 1.29 is 14.0 Å². The maximum atomic E-state index is 11.4. The minimum Gasteiger partial charge on any atom is -0.431 e. The average Bonchev–Trinajstić information content (AvgIpc) is 2.89. The quantitative estimate of drug-likeness (QED) is 0.671. The monoisotopic (exact) mass is 262 g/mol. The highest BCUT2D eigenvalue weighted by Gasteiger charge is 2.30. The third kappa shape index (κ3) is 2.11. The number of thioether (sulfide) groups is 1. The van der Waals surface area contributed by atoms with Crippen LogP contribution in [0.3, 0.4) is 0 Å². The first-order chi connectivity index (χ1) is 8.72. The minimum atomic E-state index is -0.280. The molecule has 1 aliphatic rings. The summed E-state index contributed by atoms with van der Waals surface area (Å²) in [5, 5.41) is 2.82. The van der Waals surface area contributed by atoms with Gasteiger partial charge in [0.1, 0.15) is 5.52 Å². The summed E-state index contributed by atoms with van der Waals surface area (Å²) in [5.41, 5.74) is 1.53. The highest BCUT2D eigenvalue weighted by molar-refractivity contribution is 7.99. The predicted octanol–water partition coefficient (Wildman–Crippen LogP) is 1.58. The van der Waals surface area contributed by atoms with E-state index >= 15 is 0 Å². The number of carbonyl (C=O) groups is 2. The van der Waals surface area contributed by atoms with Gasteiger partial charge in [0.2, 0.25) is 11.8 Å². The molecule has 92 valence electrons.